The molecular weight excluding hydrogens is 236 g/mol. The van der Waals surface area contributed by atoms with E-state index in [0.717, 1.165) is 31.6 Å². The van der Waals surface area contributed by atoms with Gasteiger partial charge in [0.15, 0.2) is 0 Å². The average Bonchev–Trinajstić information content (AvgIpc) is 3.05. The third-order valence-electron chi connectivity index (χ3n) is 4.87. The Kier molecular flexibility index (Phi) is 4.24. The Labute approximate surface area is 116 Å². The number of nitrogens with zero attached hydrogens (tertiary/aromatic N) is 1. The van der Waals surface area contributed by atoms with E-state index in [2.05, 4.69) is 23.2 Å². The Morgan fingerprint density at radius 2 is 2.21 bits per heavy atom. The SMILES string of the molecule is CCNCc1ccoc1CN1CCC2CCCCC21. The maximum atomic E-state index is 5.72. The zero-order valence-electron chi connectivity index (χ0n) is 12.0. The van der Waals surface area contributed by atoms with Crippen molar-refractivity contribution in [3.8, 4) is 0 Å². The van der Waals surface area contributed by atoms with Crippen LogP contribution in [-0.4, -0.2) is 24.0 Å². The van der Waals surface area contributed by atoms with Crippen molar-refractivity contribution in [2.24, 2.45) is 5.92 Å². The molecule has 0 amide bonds. The summed E-state index contributed by atoms with van der Waals surface area (Å²) in [6, 6.07) is 2.94. The van der Waals surface area contributed by atoms with Crippen LogP contribution < -0.4 is 5.32 Å². The minimum absolute atomic E-state index is 0.825. The number of hydrogen-bond donors (Lipinski definition) is 1. The lowest BCUT2D eigenvalue weighted by atomic mass is 9.85. The molecule has 0 bridgehead atoms. The second kappa shape index (κ2) is 6.10. The number of furan rings is 1. The Balaban J connectivity index is 1.63. The predicted molar refractivity (Wildman–Crippen MR) is 76.9 cm³/mol. The van der Waals surface area contributed by atoms with Gasteiger partial charge in [0.25, 0.3) is 0 Å². The molecule has 106 valence electrons. The monoisotopic (exact) mass is 262 g/mol. The molecule has 1 aliphatic carbocycles. The molecule has 1 aromatic rings. The molecule has 1 saturated heterocycles. The van der Waals surface area contributed by atoms with Crippen molar-refractivity contribution < 1.29 is 4.42 Å². The molecule has 3 rings (SSSR count). The molecule has 2 heterocycles. The van der Waals surface area contributed by atoms with E-state index in [1.807, 2.05) is 6.26 Å². The van der Waals surface area contributed by atoms with Crippen molar-refractivity contribution in [2.75, 3.05) is 13.1 Å². The molecule has 3 heteroatoms. The molecule has 19 heavy (non-hydrogen) atoms. The zero-order valence-corrected chi connectivity index (χ0v) is 12.0. The quantitative estimate of drug-likeness (QED) is 0.883. The summed E-state index contributed by atoms with van der Waals surface area (Å²) >= 11 is 0. The molecule has 0 radical (unpaired) electrons. The summed E-state index contributed by atoms with van der Waals surface area (Å²) in [5.74, 6) is 2.13. The van der Waals surface area contributed by atoms with Gasteiger partial charge in [-0.15, -0.1) is 0 Å². The Morgan fingerprint density at radius 1 is 1.32 bits per heavy atom. The first kappa shape index (κ1) is 13.2. The first-order valence-electron chi connectivity index (χ1n) is 7.88. The van der Waals surface area contributed by atoms with Crippen molar-refractivity contribution in [3.63, 3.8) is 0 Å². The predicted octanol–water partition coefficient (Wildman–Crippen LogP) is 3.15. The number of hydrogen-bond acceptors (Lipinski definition) is 3. The van der Waals surface area contributed by atoms with E-state index in [1.165, 1.54) is 50.0 Å². The summed E-state index contributed by atoms with van der Waals surface area (Å²) in [6.07, 6.45) is 8.95. The van der Waals surface area contributed by atoms with Gasteiger partial charge in [0.05, 0.1) is 12.8 Å². The van der Waals surface area contributed by atoms with Crippen LogP contribution in [0.1, 0.15) is 50.4 Å². The lowest BCUT2D eigenvalue weighted by molar-refractivity contribution is 0.165. The Morgan fingerprint density at radius 3 is 3.11 bits per heavy atom. The number of rotatable bonds is 5. The first-order valence-corrected chi connectivity index (χ1v) is 7.88. The molecule has 2 aliphatic rings. The van der Waals surface area contributed by atoms with Gasteiger partial charge >= 0.3 is 0 Å². The number of nitrogens with one attached hydrogen (secondary N) is 1. The molecule has 2 fully saturated rings. The Hall–Kier alpha value is -0.800. The molecule has 0 aromatic carbocycles. The van der Waals surface area contributed by atoms with Crippen molar-refractivity contribution in [3.05, 3.63) is 23.7 Å². The van der Waals surface area contributed by atoms with Crippen LogP contribution in [-0.2, 0) is 13.1 Å². The molecule has 2 unspecified atom stereocenters. The largest absolute Gasteiger partial charge is 0.468 e. The molecule has 3 nitrogen and oxygen atoms in total. The first-order chi connectivity index (χ1) is 9.38. The highest BCUT2D eigenvalue weighted by Crippen LogP contribution is 2.37. The van der Waals surface area contributed by atoms with Gasteiger partial charge < -0.3 is 9.73 Å². The maximum Gasteiger partial charge on any atom is 0.122 e. The zero-order chi connectivity index (χ0) is 13.1. The molecule has 1 aliphatic heterocycles. The summed E-state index contributed by atoms with van der Waals surface area (Å²) in [7, 11) is 0. The normalized spacial score (nSPS) is 27.6. The summed E-state index contributed by atoms with van der Waals surface area (Å²) in [4.78, 5) is 2.66. The van der Waals surface area contributed by atoms with Crippen LogP contribution in [0.25, 0.3) is 0 Å². The van der Waals surface area contributed by atoms with Crippen LogP contribution in [0.4, 0.5) is 0 Å². The minimum Gasteiger partial charge on any atom is -0.468 e. The number of likely N-dealkylation sites (tertiary alicyclic amines) is 1. The van der Waals surface area contributed by atoms with Gasteiger partial charge in [0.1, 0.15) is 5.76 Å². The third-order valence-corrected chi connectivity index (χ3v) is 4.87. The molecule has 1 N–H and O–H groups in total. The highest BCUT2D eigenvalue weighted by Gasteiger charge is 2.35. The van der Waals surface area contributed by atoms with E-state index < -0.39 is 0 Å². The second-order valence-corrected chi connectivity index (χ2v) is 6.02. The van der Waals surface area contributed by atoms with Crippen molar-refractivity contribution in [2.45, 2.75) is 58.2 Å². The van der Waals surface area contributed by atoms with Crippen molar-refractivity contribution in [1.29, 1.82) is 0 Å². The smallest absolute Gasteiger partial charge is 0.122 e. The van der Waals surface area contributed by atoms with Gasteiger partial charge in [0.2, 0.25) is 0 Å². The van der Waals surface area contributed by atoms with Crippen LogP contribution in [0.3, 0.4) is 0 Å². The fourth-order valence-corrected chi connectivity index (χ4v) is 3.81. The van der Waals surface area contributed by atoms with E-state index in [0.29, 0.717) is 0 Å². The minimum atomic E-state index is 0.825. The van der Waals surface area contributed by atoms with E-state index in [4.69, 9.17) is 4.42 Å². The standard InChI is InChI=1S/C16H26N2O/c1-2-17-11-14-8-10-19-16(14)12-18-9-7-13-5-3-4-6-15(13)18/h8,10,13,15,17H,2-7,9,11-12H2,1H3. The topological polar surface area (TPSA) is 28.4 Å². The summed E-state index contributed by atoms with van der Waals surface area (Å²) in [5, 5.41) is 3.39. The molecular formula is C16H26N2O. The maximum absolute atomic E-state index is 5.72. The van der Waals surface area contributed by atoms with Crippen LogP contribution in [0.2, 0.25) is 0 Å². The summed E-state index contributed by atoms with van der Waals surface area (Å²) in [6.45, 7) is 6.36. The van der Waals surface area contributed by atoms with Gasteiger partial charge in [0, 0.05) is 18.2 Å². The third kappa shape index (κ3) is 2.87. The average molecular weight is 262 g/mol. The van der Waals surface area contributed by atoms with E-state index in [9.17, 15) is 0 Å². The van der Waals surface area contributed by atoms with Gasteiger partial charge in [-0.2, -0.15) is 0 Å². The van der Waals surface area contributed by atoms with Gasteiger partial charge in [-0.3, -0.25) is 4.90 Å². The fraction of sp³-hybridized carbons (Fsp3) is 0.750. The highest BCUT2D eigenvalue weighted by atomic mass is 16.3. The molecule has 0 spiro atoms. The van der Waals surface area contributed by atoms with E-state index >= 15 is 0 Å². The summed E-state index contributed by atoms with van der Waals surface area (Å²) in [5.41, 5.74) is 1.33. The van der Waals surface area contributed by atoms with Gasteiger partial charge in [-0.1, -0.05) is 19.8 Å². The van der Waals surface area contributed by atoms with Crippen molar-refractivity contribution in [1.82, 2.24) is 10.2 Å². The lowest BCUT2D eigenvalue weighted by Gasteiger charge is -2.31. The number of fused-ring (bicyclic) bond motifs is 1. The Bertz CT molecular complexity index is 401. The van der Waals surface area contributed by atoms with Gasteiger partial charge in [-0.25, -0.2) is 0 Å². The lowest BCUT2D eigenvalue weighted by Crippen LogP contribution is -2.34. The van der Waals surface area contributed by atoms with Gasteiger partial charge in [-0.05, 0) is 44.3 Å². The fourth-order valence-electron chi connectivity index (χ4n) is 3.81. The van der Waals surface area contributed by atoms with Crippen LogP contribution in [0, 0.1) is 5.92 Å². The highest BCUT2D eigenvalue weighted by molar-refractivity contribution is 5.17. The van der Waals surface area contributed by atoms with Crippen LogP contribution in [0.5, 0.6) is 0 Å². The van der Waals surface area contributed by atoms with Crippen LogP contribution >= 0.6 is 0 Å². The van der Waals surface area contributed by atoms with Crippen molar-refractivity contribution >= 4 is 0 Å². The molecule has 1 aromatic heterocycles. The van der Waals surface area contributed by atoms with E-state index in [1.54, 1.807) is 0 Å². The second-order valence-electron chi connectivity index (χ2n) is 6.02. The van der Waals surface area contributed by atoms with E-state index in [-0.39, 0.29) is 0 Å². The molecule has 1 saturated carbocycles. The molecule has 2 atom stereocenters. The summed E-state index contributed by atoms with van der Waals surface area (Å²) < 4.78 is 5.72. The van der Waals surface area contributed by atoms with Crippen LogP contribution in [0.15, 0.2) is 16.7 Å².